The molecule has 1 N–H and O–H groups in total. The zero-order chi connectivity index (χ0) is 20.1. The van der Waals surface area contributed by atoms with Gasteiger partial charge in [-0.3, -0.25) is 0 Å². The molecule has 146 valence electrons. The van der Waals surface area contributed by atoms with Crippen molar-refractivity contribution in [1.82, 2.24) is 0 Å². The fourth-order valence-corrected chi connectivity index (χ4v) is 3.85. The third-order valence-electron chi connectivity index (χ3n) is 4.34. The lowest BCUT2D eigenvalue weighted by molar-refractivity contribution is 0.282. The van der Waals surface area contributed by atoms with Crippen LogP contribution in [0, 0.1) is 6.92 Å². The van der Waals surface area contributed by atoms with Gasteiger partial charge in [0.15, 0.2) is 11.5 Å². The standard InChI is InChI=1S/C22H20BrCl2NO2/c1-14-5-3-4-6-16(14)13-28-22-18(23)9-15(10-21(22)27-2)12-26-20-8-7-17(24)11-19(20)25/h3-11,26H,12-13H2,1-2H3. The van der Waals surface area contributed by atoms with E-state index in [0.717, 1.165) is 21.3 Å². The van der Waals surface area contributed by atoms with Crippen LogP contribution < -0.4 is 14.8 Å². The van der Waals surface area contributed by atoms with Crippen molar-refractivity contribution < 1.29 is 9.47 Å². The van der Waals surface area contributed by atoms with Gasteiger partial charge in [-0.25, -0.2) is 0 Å². The Hall–Kier alpha value is -1.88. The van der Waals surface area contributed by atoms with Crippen molar-refractivity contribution in [2.75, 3.05) is 12.4 Å². The summed E-state index contributed by atoms with van der Waals surface area (Å²) < 4.78 is 12.4. The average Bonchev–Trinajstić information content (AvgIpc) is 2.67. The number of benzene rings is 3. The van der Waals surface area contributed by atoms with E-state index in [2.05, 4.69) is 40.3 Å². The zero-order valence-corrected chi connectivity index (χ0v) is 18.7. The molecule has 0 aliphatic carbocycles. The van der Waals surface area contributed by atoms with E-state index < -0.39 is 0 Å². The lowest BCUT2D eigenvalue weighted by Gasteiger charge is -2.16. The molecule has 6 heteroatoms. The molecule has 0 saturated carbocycles. The summed E-state index contributed by atoms with van der Waals surface area (Å²) in [5.41, 5.74) is 4.18. The molecule has 0 aromatic heterocycles. The summed E-state index contributed by atoms with van der Waals surface area (Å²) >= 11 is 15.8. The molecule has 0 unspecified atom stereocenters. The minimum Gasteiger partial charge on any atom is -0.493 e. The second-order valence-electron chi connectivity index (χ2n) is 6.30. The molecule has 3 aromatic rings. The molecule has 0 aliphatic heterocycles. The average molecular weight is 481 g/mol. The quantitative estimate of drug-likeness (QED) is 0.385. The van der Waals surface area contributed by atoms with E-state index in [1.807, 2.05) is 30.3 Å². The summed E-state index contributed by atoms with van der Waals surface area (Å²) in [5.74, 6) is 1.35. The van der Waals surface area contributed by atoms with Crippen molar-refractivity contribution in [3.05, 3.63) is 85.8 Å². The first-order chi connectivity index (χ1) is 13.5. The van der Waals surface area contributed by atoms with Crippen LogP contribution >= 0.6 is 39.1 Å². The lowest BCUT2D eigenvalue weighted by Crippen LogP contribution is -2.03. The third-order valence-corrected chi connectivity index (χ3v) is 5.47. The van der Waals surface area contributed by atoms with Crippen LogP contribution in [0.15, 0.2) is 59.1 Å². The maximum absolute atomic E-state index is 6.22. The molecule has 3 aromatic carbocycles. The van der Waals surface area contributed by atoms with Gasteiger partial charge in [0.1, 0.15) is 6.61 Å². The first-order valence-electron chi connectivity index (χ1n) is 8.70. The molecule has 3 rings (SSSR count). The number of anilines is 1. The van der Waals surface area contributed by atoms with Crippen molar-refractivity contribution in [2.24, 2.45) is 0 Å². The van der Waals surface area contributed by atoms with Crippen LogP contribution in [-0.2, 0) is 13.2 Å². The van der Waals surface area contributed by atoms with Gasteiger partial charge in [-0.1, -0.05) is 47.5 Å². The largest absolute Gasteiger partial charge is 0.493 e. The van der Waals surface area contributed by atoms with Crippen LogP contribution in [0.4, 0.5) is 5.69 Å². The highest BCUT2D eigenvalue weighted by Gasteiger charge is 2.13. The number of aryl methyl sites for hydroxylation is 1. The minimum absolute atomic E-state index is 0.472. The van der Waals surface area contributed by atoms with Crippen LogP contribution in [0.1, 0.15) is 16.7 Å². The van der Waals surface area contributed by atoms with E-state index in [4.69, 9.17) is 32.7 Å². The van der Waals surface area contributed by atoms with E-state index in [9.17, 15) is 0 Å². The summed E-state index contributed by atoms with van der Waals surface area (Å²) in [6.45, 7) is 3.12. The zero-order valence-electron chi connectivity index (χ0n) is 15.6. The summed E-state index contributed by atoms with van der Waals surface area (Å²) in [4.78, 5) is 0. The highest BCUT2D eigenvalue weighted by molar-refractivity contribution is 9.10. The van der Waals surface area contributed by atoms with Gasteiger partial charge in [0.2, 0.25) is 0 Å². The van der Waals surface area contributed by atoms with Crippen molar-refractivity contribution in [2.45, 2.75) is 20.1 Å². The molecule has 0 atom stereocenters. The summed E-state index contributed by atoms with van der Waals surface area (Å²) in [6.07, 6.45) is 0. The van der Waals surface area contributed by atoms with Crippen LogP contribution in [-0.4, -0.2) is 7.11 Å². The Kier molecular flexibility index (Phi) is 7.11. The Labute approximate surface area is 183 Å². The Bertz CT molecular complexity index is 979. The van der Waals surface area contributed by atoms with E-state index in [1.165, 1.54) is 5.56 Å². The van der Waals surface area contributed by atoms with Crippen LogP contribution in [0.25, 0.3) is 0 Å². The summed E-state index contributed by atoms with van der Waals surface area (Å²) in [7, 11) is 1.63. The molecule has 0 amide bonds. The molecule has 0 saturated heterocycles. The molecule has 0 aliphatic rings. The van der Waals surface area contributed by atoms with Gasteiger partial charge in [-0.05, 0) is 69.9 Å². The number of ether oxygens (including phenoxy) is 2. The van der Waals surface area contributed by atoms with Crippen LogP contribution in [0.3, 0.4) is 0 Å². The Morgan fingerprint density at radius 3 is 2.54 bits per heavy atom. The van der Waals surface area contributed by atoms with Crippen molar-refractivity contribution in [1.29, 1.82) is 0 Å². The Balaban J connectivity index is 1.74. The van der Waals surface area contributed by atoms with Gasteiger partial charge in [0.05, 0.1) is 22.3 Å². The molecule has 0 heterocycles. The molecular weight excluding hydrogens is 461 g/mol. The van der Waals surface area contributed by atoms with Gasteiger partial charge in [-0.2, -0.15) is 0 Å². The number of rotatable bonds is 7. The summed E-state index contributed by atoms with van der Waals surface area (Å²) in [5, 5.41) is 4.50. The van der Waals surface area contributed by atoms with Crippen LogP contribution in [0.2, 0.25) is 10.0 Å². The maximum atomic E-state index is 6.22. The molecule has 3 nitrogen and oxygen atoms in total. The second-order valence-corrected chi connectivity index (χ2v) is 8.00. The van der Waals surface area contributed by atoms with Crippen molar-refractivity contribution in [3.8, 4) is 11.5 Å². The molecule has 0 fully saturated rings. The molecular formula is C22H20BrCl2NO2. The number of nitrogens with one attached hydrogen (secondary N) is 1. The second kappa shape index (κ2) is 9.55. The van der Waals surface area contributed by atoms with E-state index >= 15 is 0 Å². The van der Waals surface area contributed by atoms with E-state index in [0.29, 0.717) is 34.7 Å². The Morgan fingerprint density at radius 1 is 1.04 bits per heavy atom. The smallest absolute Gasteiger partial charge is 0.175 e. The number of halogens is 3. The first-order valence-corrected chi connectivity index (χ1v) is 10.3. The van der Waals surface area contributed by atoms with E-state index in [1.54, 1.807) is 19.2 Å². The van der Waals surface area contributed by atoms with Gasteiger partial charge in [0.25, 0.3) is 0 Å². The maximum Gasteiger partial charge on any atom is 0.175 e. The third kappa shape index (κ3) is 5.13. The highest BCUT2D eigenvalue weighted by Crippen LogP contribution is 2.37. The normalized spacial score (nSPS) is 10.6. The predicted molar refractivity (Wildman–Crippen MR) is 120 cm³/mol. The van der Waals surface area contributed by atoms with Crippen molar-refractivity contribution in [3.63, 3.8) is 0 Å². The van der Waals surface area contributed by atoms with Crippen molar-refractivity contribution >= 4 is 44.8 Å². The molecule has 0 radical (unpaired) electrons. The first kappa shape index (κ1) is 20.8. The number of hydrogen-bond donors (Lipinski definition) is 1. The Morgan fingerprint density at radius 2 is 1.82 bits per heavy atom. The van der Waals surface area contributed by atoms with Gasteiger partial charge in [0, 0.05) is 11.6 Å². The monoisotopic (exact) mass is 479 g/mol. The van der Waals surface area contributed by atoms with Gasteiger partial charge < -0.3 is 14.8 Å². The molecule has 0 bridgehead atoms. The topological polar surface area (TPSA) is 30.5 Å². The number of hydrogen-bond acceptors (Lipinski definition) is 3. The lowest BCUT2D eigenvalue weighted by atomic mass is 10.1. The number of methoxy groups -OCH3 is 1. The van der Waals surface area contributed by atoms with Crippen LogP contribution in [0.5, 0.6) is 11.5 Å². The fourth-order valence-electron chi connectivity index (χ4n) is 2.77. The SMILES string of the molecule is COc1cc(CNc2ccc(Cl)cc2Cl)cc(Br)c1OCc1ccccc1C. The highest BCUT2D eigenvalue weighted by atomic mass is 79.9. The summed E-state index contributed by atoms with van der Waals surface area (Å²) in [6, 6.07) is 17.5. The van der Waals surface area contributed by atoms with E-state index in [-0.39, 0.29) is 0 Å². The van der Waals surface area contributed by atoms with Gasteiger partial charge >= 0.3 is 0 Å². The predicted octanol–water partition coefficient (Wildman–Crippen LogP) is 7.26. The fraction of sp³-hybridized carbons (Fsp3) is 0.182. The molecule has 28 heavy (non-hydrogen) atoms. The minimum atomic E-state index is 0.472. The van der Waals surface area contributed by atoms with Gasteiger partial charge in [-0.15, -0.1) is 0 Å². The molecule has 0 spiro atoms.